The van der Waals surface area contributed by atoms with Crippen molar-refractivity contribution in [2.45, 2.75) is 58.2 Å². The van der Waals surface area contributed by atoms with E-state index in [9.17, 15) is 18.0 Å². The molecule has 0 aliphatic heterocycles. The molecule has 0 saturated heterocycles. The van der Waals surface area contributed by atoms with E-state index < -0.39 is 11.9 Å². The smallest absolute Gasteiger partial charge is 0.354 e. The molecule has 0 radical (unpaired) electrons. The minimum Gasteiger partial charge on any atom is -0.354 e. The van der Waals surface area contributed by atoms with Crippen LogP contribution in [0.2, 0.25) is 0 Å². The summed E-state index contributed by atoms with van der Waals surface area (Å²) >= 11 is 0. The molecule has 4 bridgehead atoms. The Bertz CT molecular complexity index is 644. The standard InChI is InChI=1S/C18H24F3N3O/c1-11-2-15(18(19,20)21)23-24(11)9-16(25)22-10-17-6-12-3-13(7-17)5-14(4-12)8-17/h2,12-14H,3-10H2,1H3,(H,22,25). The molecule has 0 unspecified atom stereocenters. The molecule has 4 aliphatic carbocycles. The highest BCUT2D eigenvalue weighted by Crippen LogP contribution is 2.59. The van der Waals surface area contributed by atoms with Crippen molar-refractivity contribution in [3.05, 3.63) is 17.5 Å². The fourth-order valence-corrected chi connectivity index (χ4v) is 5.79. The predicted octanol–water partition coefficient (Wildman–Crippen LogP) is 3.54. The lowest BCUT2D eigenvalue weighted by molar-refractivity contribution is -0.141. The van der Waals surface area contributed by atoms with Gasteiger partial charge in [0, 0.05) is 12.2 Å². The van der Waals surface area contributed by atoms with Crippen LogP contribution in [0.15, 0.2) is 6.07 Å². The Morgan fingerprint density at radius 3 is 2.28 bits per heavy atom. The van der Waals surface area contributed by atoms with Crippen LogP contribution in [0.5, 0.6) is 0 Å². The maximum Gasteiger partial charge on any atom is 0.435 e. The lowest BCUT2D eigenvalue weighted by Crippen LogP contribution is -2.51. The lowest BCUT2D eigenvalue weighted by Gasteiger charge is -2.56. The number of aryl methyl sites for hydroxylation is 1. The molecule has 4 fully saturated rings. The van der Waals surface area contributed by atoms with Gasteiger partial charge in [0.2, 0.25) is 5.91 Å². The van der Waals surface area contributed by atoms with Crippen LogP contribution >= 0.6 is 0 Å². The summed E-state index contributed by atoms with van der Waals surface area (Å²) in [5.74, 6) is 2.18. The number of nitrogens with one attached hydrogen (secondary N) is 1. The number of amides is 1. The Hall–Kier alpha value is -1.53. The van der Waals surface area contributed by atoms with Crippen molar-refractivity contribution in [3.8, 4) is 0 Å². The van der Waals surface area contributed by atoms with Gasteiger partial charge in [0.1, 0.15) is 6.54 Å². The normalized spacial score (nSPS) is 33.7. The van der Waals surface area contributed by atoms with Crippen molar-refractivity contribution in [2.75, 3.05) is 6.54 Å². The molecule has 138 valence electrons. The largest absolute Gasteiger partial charge is 0.435 e. The number of carbonyl (C=O) groups excluding carboxylic acids is 1. The van der Waals surface area contributed by atoms with Crippen LogP contribution in [-0.2, 0) is 17.5 Å². The minimum atomic E-state index is -4.48. The van der Waals surface area contributed by atoms with Gasteiger partial charge in [-0.25, -0.2) is 0 Å². The first-order valence-corrected chi connectivity index (χ1v) is 9.11. The number of carbonyl (C=O) groups is 1. The summed E-state index contributed by atoms with van der Waals surface area (Å²) in [6, 6.07) is 0.979. The fourth-order valence-electron chi connectivity index (χ4n) is 5.79. The molecule has 1 aromatic rings. The van der Waals surface area contributed by atoms with Gasteiger partial charge in [-0.15, -0.1) is 0 Å². The second-order valence-corrected chi connectivity index (χ2v) is 8.52. The highest BCUT2D eigenvalue weighted by atomic mass is 19.4. The summed E-state index contributed by atoms with van der Waals surface area (Å²) in [6.07, 6.45) is 3.14. The van der Waals surface area contributed by atoms with Gasteiger partial charge in [-0.1, -0.05) is 0 Å². The molecule has 1 heterocycles. The van der Waals surface area contributed by atoms with Crippen LogP contribution in [0.4, 0.5) is 13.2 Å². The molecule has 0 aromatic carbocycles. The molecule has 1 amide bonds. The van der Waals surface area contributed by atoms with Crippen LogP contribution in [0.1, 0.15) is 49.9 Å². The van der Waals surface area contributed by atoms with Crippen LogP contribution in [-0.4, -0.2) is 22.2 Å². The van der Waals surface area contributed by atoms with Gasteiger partial charge in [0.05, 0.1) is 0 Å². The number of rotatable bonds is 4. The average molecular weight is 355 g/mol. The summed E-state index contributed by atoms with van der Waals surface area (Å²) in [5, 5.41) is 6.51. The molecule has 1 N–H and O–H groups in total. The monoisotopic (exact) mass is 355 g/mol. The summed E-state index contributed by atoms with van der Waals surface area (Å²) in [5.41, 5.74) is -0.378. The molecular formula is C18H24F3N3O. The second kappa shape index (κ2) is 5.74. The Morgan fingerprint density at radius 1 is 1.24 bits per heavy atom. The first-order valence-electron chi connectivity index (χ1n) is 9.11. The highest BCUT2D eigenvalue weighted by Gasteiger charge is 2.50. The van der Waals surface area contributed by atoms with Crippen LogP contribution < -0.4 is 5.32 Å². The van der Waals surface area contributed by atoms with E-state index in [-0.39, 0.29) is 17.9 Å². The van der Waals surface area contributed by atoms with Crippen molar-refractivity contribution in [2.24, 2.45) is 23.2 Å². The average Bonchev–Trinajstić information content (AvgIpc) is 2.85. The molecule has 0 spiro atoms. The highest BCUT2D eigenvalue weighted by molar-refractivity contribution is 5.75. The van der Waals surface area contributed by atoms with Crippen molar-refractivity contribution >= 4 is 5.91 Å². The molecule has 0 atom stereocenters. The summed E-state index contributed by atoms with van der Waals surface area (Å²) in [4.78, 5) is 12.3. The van der Waals surface area contributed by atoms with Crippen molar-refractivity contribution in [1.82, 2.24) is 15.1 Å². The maximum absolute atomic E-state index is 12.7. The Labute approximate surface area is 145 Å². The number of halogens is 3. The van der Waals surface area contributed by atoms with E-state index in [1.807, 2.05) is 0 Å². The van der Waals surface area contributed by atoms with Crippen molar-refractivity contribution in [1.29, 1.82) is 0 Å². The zero-order chi connectivity index (χ0) is 17.8. The third kappa shape index (κ3) is 3.29. The molecule has 4 nitrogen and oxygen atoms in total. The quantitative estimate of drug-likeness (QED) is 0.898. The van der Waals surface area contributed by atoms with Gasteiger partial charge in [-0.2, -0.15) is 18.3 Å². The molecule has 7 heteroatoms. The lowest BCUT2D eigenvalue weighted by atomic mass is 9.49. The van der Waals surface area contributed by atoms with E-state index >= 15 is 0 Å². The predicted molar refractivity (Wildman–Crippen MR) is 85.6 cm³/mol. The van der Waals surface area contributed by atoms with Gasteiger partial charge >= 0.3 is 6.18 Å². The SMILES string of the molecule is Cc1cc(C(F)(F)F)nn1CC(=O)NCC12CC3CC(CC(C3)C1)C2. The topological polar surface area (TPSA) is 46.9 Å². The maximum atomic E-state index is 12.7. The molecule has 25 heavy (non-hydrogen) atoms. The van der Waals surface area contributed by atoms with E-state index in [1.54, 1.807) is 0 Å². The zero-order valence-electron chi connectivity index (χ0n) is 14.4. The number of nitrogens with zero attached hydrogens (tertiary/aromatic N) is 2. The Morgan fingerprint density at radius 2 is 1.80 bits per heavy atom. The van der Waals surface area contributed by atoms with Crippen LogP contribution in [0.25, 0.3) is 0 Å². The molecular weight excluding hydrogens is 331 g/mol. The number of alkyl halides is 3. The summed E-state index contributed by atoms with van der Waals surface area (Å²) in [6.45, 7) is 2.03. The van der Waals surface area contributed by atoms with E-state index in [4.69, 9.17) is 0 Å². The third-order valence-corrected chi connectivity index (χ3v) is 6.39. The van der Waals surface area contributed by atoms with E-state index in [1.165, 1.54) is 45.4 Å². The fraction of sp³-hybridized carbons (Fsp3) is 0.778. The van der Waals surface area contributed by atoms with Gasteiger partial charge in [-0.05, 0) is 74.7 Å². The third-order valence-electron chi connectivity index (χ3n) is 6.39. The number of hydrogen-bond acceptors (Lipinski definition) is 2. The summed E-state index contributed by atoms with van der Waals surface area (Å²) in [7, 11) is 0. The first kappa shape index (κ1) is 16.9. The summed E-state index contributed by atoms with van der Waals surface area (Å²) < 4.78 is 39.3. The Balaban J connectivity index is 1.36. The van der Waals surface area contributed by atoms with Crippen molar-refractivity contribution in [3.63, 3.8) is 0 Å². The van der Waals surface area contributed by atoms with Gasteiger partial charge in [0.25, 0.3) is 0 Å². The van der Waals surface area contributed by atoms with Crippen molar-refractivity contribution < 1.29 is 18.0 Å². The molecule has 5 rings (SSSR count). The zero-order valence-corrected chi connectivity index (χ0v) is 14.4. The number of hydrogen-bond donors (Lipinski definition) is 1. The second-order valence-electron chi connectivity index (χ2n) is 8.52. The van der Waals surface area contributed by atoms with Gasteiger partial charge in [0.15, 0.2) is 5.69 Å². The van der Waals surface area contributed by atoms with E-state index in [0.717, 1.165) is 28.5 Å². The van der Waals surface area contributed by atoms with E-state index in [2.05, 4.69) is 10.4 Å². The molecule has 4 saturated carbocycles. The molecule has 4 aliphatic rings. The molecule has 1 aromatic heterocycles. The van der Waals surface area contributed by atoms with Gasteiger partial charge in [-0.3, -0.25) is 9.48 Å². The van der Waals surface area contributed by atoms with E-state index in [0.29, 0.717) is 12.2 Å². The van der Waals surface area contributed by atoms with Gasteiger partial charge < -0.3 is 5.32 Å². The Kier molecular flexibility index (Phi) is 3.88. The minimum absolute atomic E-state index is 0.158. The first-order chi connectivity index (χ1) is 11.7. The van der Waals surface area contributed by atoms with Crippen LogP contribution in [0, 0.1) is 30.1 Å². The van der Waals surface area contributed by atoms with Crippen LogP contribution in [0.3, 0.4) is 0 Å². The number of aromatic nitrogens is 2.